The highest BCUT2D eigenvalue weighted by Crippen LogP contribution is 2.06. The van der Waals surface area contributed by atoms with Gasteiger partial charge in [-0.05, 0) is 36.6 Å². The van der Waals surface area contributed by atoms with Crippen molar-refractivity contribution in [3.8, 4) is 0 Å². The lowest BCUT2D eigenvalue weighted by Gasteiger charge is -2.12. The standard InChI is InChI=1S/C23H28FN5/c1-2-25-23(27-14-12-19-8-10-21(24)11-9-19)28-15-13-22-26-16-17-29(22)18-20-6-4-3-5-7-20/h3-11,16-17H,2,12-15,18H2,1H3,(H2,25,27,28). The van der Waals surface area contributed by atoms with Crippen molar-refractivity contribution < 1.29 is 4.39 Å². The fourth-order valence-corrected chi connectivity index (χ4v) is 3.08. The molecule has 29 heavy (non-hydrogen) atoms. The predicted octanol–water partition coefficient (Wildman–Crippen LogP) is 3.41. The maximum atomic E-state index is 13.0. The summed E-state index contributed by atoms with van der Waals surface area (Å²) < 4.78 is 15.2. The van der Waals surface area contributed by atoms with Gasteiger partial charge in [-0.1, -0.05) is 42.5 Å². The van der Waals surface area contributed by atoms with Gasteiger partial charge in [-0.15, -0.1) is 0 Å². The molecule has 3 rings (SSSR count). The first-order chi connectivity index (χ1) is 14.2. The first kappa shape index (κ1) is 20.6. The Morgan fingerprint density at radius 1 is 1.00 bits per heavy atom. The minimum Gasteiger partial charge on any atom is -0.357 e. The summed E-state index contributed by atoms with van der Waals surface area (Å²) in [6, 6.07) is 17.0. The molecule has 1 aromatic heterocycles. The van der Waals surface area contributed by atoms with Crippen molar-refractivity contribution in [2.24, 2.45) is 4.99 Å². The average Bonchev–Trinajstić information content (AvgIpc) is 3.17. The zero-order valence-corrected chi connectivity index (χ0v) is 16.8. The molecule has 2 N–H and O–H groups in total. The van der Waals surface area contributed by atoms with Crippen molar-refractivity contribution in [2.45, 2.75) is 26.3 Å². The summed E-state index contributed by atoms with van der Waals surface area (Å²) in [5.74, 6) is 1.61. The van der Waals surface area contributed by atoms with E-state index in [-0.39, 0.29) is 5.82 Å². The van der Waals surface area contributed by atoms with Crippen LogP contribution in [0, 0.1) is 5.82 Å². The quantitative estimate of drug-likeness (QED) is 0.433. The molecule has 0 bridgehead atoms. The molecule has 152 valence electrons. The third-order valence-electron chi connectivity index (χ3n) is 4.57. The molecule has 5 nitrogen and oxygen atoms in total. The smallest absolute Gasteiger partial charge is 0.191 e. The lowest BCUT2D eigenvalue weighted by atomic mass is 10.1. The second kappa shape index (κ2) is 11.0. The van der Waals surface area contributed by atoms with Crippen LogP contribution in [0.1, 0.15) is 23.9 Å². The van der Waals surface area contributed by atoms with Crippen molar-refractivity contribution in [3.05, 3.63) is 89.8 Å². The molecule has 0 spiro atoms. The van der Waals surface area contributed by atoms with Crippen molar-refractivity contribution in [2.75, 3.05) is 19.6 Å². The first-order valence-electron chi connectivity index (χ1n) is 10.0. The summed E-state index contributed by atoms with van der Waals surface area (Å²) in [5, 5.41) is 6.60. The Labute approximate surface area is 171 Å². The highest BCUT2D eigenvalue weighted by molar-refractivity contribution is 5.79. The Morgan fingerprint density at radius 3 is 2.55 bits per heavy atom. The predicted molar refractivity (Wildman–Crippen MR) is 116 cm³/mol. The SMILES string of the molecule is CCNC(=NCCc1nccn1Cc1ccccc1)NCCc1ccc(F)cc1. The monoisotopic (exact) mass is 393 g/mol. The molecule has 0 fully saturated rings. The Kier molecular flexibility index (Phi) is 7.81. The van der Waals surface area contributed by atoms with Gasteiger partial charge in [0.1, 0.15) is 11.6 Å². The number of imidazole rings is 1. The molecule has 0 unspecified atom stereocenters. The number of hydrogen-bond acceptors (Lipinski definition) is 2. The molecule has 0 saturated heterocycles. The molecule has 0 aliphatic rings. The van der Waals surface area contributed by atoms with Gasteiger partial charge < -0.3 is 15.2 Å². The fourth-order valence-electron chi connectivity index (χ4n) is 3.08. The van der Waals surface area contributed by atoms with Crippen LogP contribution in [0.5, 0.6) is 0 Å². The van der Waals surface area contributed by atoms with Crippen LogP contribution in [-0.2, 0) is 19.4 Å². The molecule has 0 atom stereocenters. The fraction of sp³-hybridized carbons (Fsp3) is 0.304. The van der Waals surface area contributed by atoms with E-state index in [1.54, 1.807) is 0 Å². The van der Waals surface area contributed by atoms with Gasteiger partial charge in [0.25, 0.3) is 0 Å². The van der Waals surface area contributed by atoms with Crippen LogP contribution in [0.4, 0.5) is 4.39 Å². The molecule has 0 saturated carbocycles. The zero-order chi connectivity index (χ0) is 20.3. The van der Waals surface area contributed by atoms with Crippen LogP contribution in [0.15, 0.2) is 72.0 Å². The van der Waals surface area contributed by atoms with Gasteiger partial charge in [-0.25, -0.2) is 9.37 Å². The summed E-state index contributed by atoms with van der Waals surface area (Å²) in [6.07, 6.45) is 5.44. The van der Waals surface area contributed by atoms with Crippen LogP contribution in [0.3, 0.4) is 0 Å². The third kappa shape index (κ3) is 6.75. The molecule has 3 aromatic rings. The first-order valence-corrected chi connectivity index (χ1v) is 10.0. The highest BCUT2D eigenvalue weighted by Gasteiger charge is 2.04. The third-order valence-corrected chi connectivity index (χ3v) is 4.57. The Balaban J connectivity index is 1.50. The largest absolute Gasteiger partial charge is 0.357 e. The van der Waals surface area contributed by atoms with Crippen LogP contribution in [-0.4, -0.2) is 35.1 Å². The number of hydrogen-bond donors (Lipinski definition) is 2. The number of nitrogens with one attached hydrogen (secondary N) is 2. The summed E-state index contributed by atoms with van der Waals surface area (Å²) in [4.78, 5) is 9.15. The second-order valence-corrected chi connectivity index (χ2v) is 6.77. The van der Waals surface area contributed by atoms with Crippen LogP contribution < -0.4 is 10.6 Å². The molecule has 1 heterocycles. The normalized spacial score (nSPS) is 11.4. The van der Waals surface area contributed by atoms with Crippen molar-refractivity contribution >= 4 is 5.96 Å². The van der Waals surface area contributed by atoms with E-state index in [9.17, 15) is 4.39 Å². The summed E-state index contributed by atoms with van der Waals surface area (Å²) in [7, 11) is 0. The van der Waals surface area contributed by atoms with Gasteiger partial charge >= 0.3 is 0 Å². The number of halogens is 1. The number of benzene rings is 2. The van der Waals surface area contributed by atoms with Gasteiger partial charge in [-0.3, -0.25) is 4.99 Å². The number of rotatable bonds is 9. The minimum absolute atomic E-state index is 0.206. The van der Waals surface area contributed by atoms with Gasteiger partial charge in [0.05, 0.1) is 0 Å². The highest BCUT2D eigenvalue weighted by atomic mass is 19.1. The molecule has 6 heteroatoms. The molecule has 0 amide bonds. The van der Waals surface area contributed by atoms with E-state index >= 15 is 0 Å². The molecule has 2 aromatic carbocycles. The summed E-state index contributed by atoms with van der Waals surface area (Å²) in [5.41, 5.74) is 2.35. The maximum Gasteiger partial charge on any atom is 0.191 e. The number of guanidine groups is 1. The van der Waals surface area contributed by atoms with Crippen molar-refractivity contribution in [1.82, 2.24) is 20.2 Å². The van der Waals surface area contributed by atoms with E-state index in [1.165, 1.54) is 17.7 Å². The Bertz CT molecular complexity index is 887. The second-order valence-electron chi connectivity index (χ2n) is 6.77. The van der Waals surface area contributed by atoms with Gasteiger partial charge in [0, 0.05) is 45.0 Å². The number of aliphatic imine (C=N–C) groups is 1. The Morgan fingerprint density at radius 2 is 1.79 bits per heavy atom. The van der Waals surface area contributed by atoms with Crippen LogP contribution in [0.2, 0.25) is 0 Å². The van der Waals surface area contributed by atoms with E-state index in [1.807, 2.05) is 37.5 Å². The molecule has 0 radical (unpaired) electrons. The van der Waals surface area contributed by atoms with E-state index in [2.05, 4.69) is 49.4 Å². The number of aromatic nitrogens is 2. The van der Waals surface area contributed by atoms with Gasteiger partial charge in [-0.2, -0.15) is 0 Å². The lowest BCUT2D eigenvalue weighted by Crippen LogP contribution is -2.38. The topological polar surface area (TPSA) is 54.2 Å². The van der Waals surface area contributed by atoms with Crippen molar-refractivity contribution in [1.29, 1.82) is 0 Å². The summed E-state index contributed by atoms with van der Waals surface area (Å²) >= 11 is 0. The van der Waals surface area contributed by atoms with Crippen LogP contribution >= 0.6 is 0 Å². The Hall–Kier alpha value is -3.15. The zero-order valence-electron chi connectivity index (χ0n) is 16.8. The lowest BCUT2D eigenvalue weighted by molar-refractivity contribution is 0.626. The molecule has 0 aliphatic heterocycles. The minimum atomic E-state index is -0.206. The average molecular weight is 394 g/mol. The molecular weight excluding hydrogens is 365 g/mol. The number of nitrogens with zero attached hydrogens (tertiary/aromatic N) is 3. The van der Waals surface area contributed by atoms with E-state index in [0.717, 1.165) is 49.8 Å². The van der Waals surface area contributed by atoms with Crippen molar-refractivity contribution in [3.63, 3.8) is 0 Å². The maximum absolute atomic E-state index is 13.0. The molecule has 0 aliphatic carbocycles. The van der Waals surface area contributed by atoms with E-state index < -0.39 is 0 Å². The van der Waals surface area contributed by atoms with Crippen LogP contribution in [0.25, 0.3) is 0 Å². The van der Waals surface area contributed by atoms with Gasteiger partial charge in [0.15, 0.2) is 5.96 Å². The van der Waals surface area contributed by atoms with E-state index in [4.69, 9.17) is 0 Å². The van der Waals surface area contributed by atoms with Gasteiger partial charge in [0.2, 0.25) is 0 Å². The van der Waals surface area contributed by atoms with E-state index in [0.29, 0.717) is 6.54 Å². The molecular formula is C23H28FN5. The summed E-state index contributed by atoms with van der Waals surface area (Å²) in [6.45, 7) is 5.04.